The molecule has 1 fully saturated rings. The van der Waals surface area contributed by atoms with Gasteiger partial charge in [0.15, 0.2) is 0 Å². The molecule has 0 saturated carbocycles. The molecule has 86 valence electrons. The van der Waals surface area contributed by atoms with Crippen molar-refractivity contribution in [3.05, 3.63) is 11.8 Å². The van der Waals surface area contributed by atoms with Crippen molar-refractivity contribution in [1.29, 1.82) is 0 Å². The minimum absolute atomic E-state index is 0.304. The second-order valence-corrected chi connectivity index (χ2v) is 3.94. The van der Waals surface area contributed by atoms with Gasteiger partial charge in [-0.2, -0.15) is 0 Å². The molecule has 1 atom stereocenters. The van der Waals surface area contributed by atoms with Gasteiger partial charge in [0.1, 0.15) is 0 Å². The van der Waals surface area contributed by atoms with Crippen LogP contribution < -0.4 is 10.6 Å². The molecular weight excluding hydrogens is 192 g/mol. The van der Waals surface area contributed by atoms with Gasteiger partial charge in [0.2, 0.25) is 0 Å². The average molecular weight is 212 g/mol. The molecule has 0 radical (unpaired) electrons. The number of piperidine rings is 1. The number of carbonyl (C=O) groups excluding carboxylic acids is 1. The first kappa shape index (κ1) is 12.0. The fraction of sp³-hybridized carbons (Fsp3) is 0.727. The van der Waals surface area contributed by atoms with Crippen LogP contribution in [-0.2, 0) is 9.53 Å². The highest BCUT2D eigenvalue weighted by Crippen LogP contribution is 2.08. The lowest BCUT2D eigenvalue weighted by molar-refractivity contribution is -0.134. The van der Waals surface area contributed by atoms with E-state index in [0.29, 0.717) is 5.92 Å². The van der Waals surface area contributed by atoms with Crippen LogP contribution in [0.15, 0.2) is 11.8 Å². The summed E-state index contributed by atoms with van der Waals surface area (Å²) in [5, 5.41) is 6.60. The fourth-order valence-electron chi connectivity index (χ4n) is 1.69. The number of esters is 1. The topological polar surface area (TPSA) is 50.4 Å². The highest BCUT2D eigenvalue weighted by atomic mass is 16.5. The maximum Gasteiger partial charge on any atom is 0.332 e. The lowest BCUT2D eigenvalue weighted by Gasteiger charge is -2.23. The molecule has 15 heavy (non-hydrogen) atoms. The summed E-state index contributed by atoms with van der Waals surface area (Å²) in [5.74, 6) is 0.363. The first-order valence-corrected chi connectivity index (χ1v) is 5.43. The maximum absolute atomic E-state index is 10.9. The standard InChI is InChI=1S/C11H20N2O2/c1-9(6-11(14)15-2)13-8-10-4-3-5-12-7-10/h6,10,12-13H,3-5,7-8H2,1-2H3/b9-6-. The minimum atomic E-state index is -0.304. The van der Waals surface area contributed by atoms with E-state index >= 15 is 0 Å². The molecule has 0 bridgehead atoms. The second-order valence-electron chi connectivity index (χ2n) is 3.94. The molecule has 0 aromatic heterocycles. The Bertz CT molecular complexity index is 233. The van der Waals surface area contributed by atoms with E-state index in [0.717, 1.165) is 25.3 Å². The average Bonchev–Trinajstić information content (AvgIpc) is 2.27. The predicted octanol–water partition coefficient (Wildman–Crippen LogP) is 0.652. The van der Waals surface area contributed by atoms with Crippen LogP contribution in [0.4, 0.5) is 0 Å². The van der Waals surface area contributed by atoms with Crippen LogP contribution >= 0.6 is 0 Å². The van der Waals surface area contributed by atoms with E-state index in [1.165, 1.54) is 26.0 Å². The number of carbonyl (C=O) groups is 1. The summed E-state index contributed by atoms with van der Waals surface area (Å²) in [6.07, 6.45) is 3.98. The number of hydrogen-bond acceptors (Lipinski definition) is 4. The number of hydrogen-bond donors (Lipinski definition) is 2. The van der Waals surface area contributed by atoms with Crippen molar-refractivity contribution in [2.75, 3.05) is 26.7 Å². The van der Waals surface area contributed by atoms with Crippen molar-refractivity contribution in [2.24, 2.45) is 5.92 Å². The van der Waals surface area contributed by atoms with Crippen LogP contribution in [-0.4, -0.2) is 32.7 Å². The van der Waals surface area contributed by atoms with Crippen molar-refractivity contribution in [3.8, 4) is 0 Å². The highest BCUT2D eigenvalue weighted by molar-refractivity contribution is 5.82. The van der Waals surface area contributed by atoms with Crippen molar-refractivity contribution >= 4 is 5.97 Å². The Morgan fingerprint density at radius 3 is 3.07 bits per heavy atom. The SMILES string of the molecule is COC(=O)/C=C(/C)NCC1CCCNC1. The van der Waals surface area contributed by atoms with Crippen molar-refractivity contribution in [2.45, 2.75) is 19.8 Å². The first-order chi connectivity index (χ1) is 7.22. The Morgan fingerprint density at radius 2 is 2.47 bits per heavy atom. The van der Waals surface area contributed by atoms with E-state index in [9.17, 15) is 4.79 Å². The molecule has 1 saturated heterocycles. The molecule has 0 aromatic carbocycles. The molecule has 2 N–H and O–H groups in total. The third-order valence-electron chi connectivity index (χ3n) is 2.60. The van der Waals surface area contributed by atoms with E-state index in [1.54, 1.807) is 0 Å². The summed E-state index contributed by atoms with van der Waals surface area (Å²) in [6.45, 7) is 5.01. The monoisotopic (exact) mass is 212 g/mol. The van der Waals surface area contributed by atoms with Crippen LogP contribution in [0.5, 0.6) is 0 Å². The van der Waals surface area contributed by atoms with Gasteiger partial charge in [-0.3, -0.25) is 0 Å². The number of allylic oxidation sites excluding steroid dienone is 1. The lowest BCUT2D eigenvalue weighted by atomic mass is 10.00. The van der Waals surface area contributed by atoms with Crippen molar-refractivity contribution < 1.29 is 9.53 Å². The molecule has 0 aliphatic carbocycles. The number of methoxy groups -OCH3 is 1. The van der Waals surface area contributed by atoms with Gasteiger partial charge in [0.05, 0.1) is 7.11 Å². The Balaban J connectivity index is 2.23. The molecule has 0 aromatic rings. The third kappa shape index (κ3) is 4.83. The summed E-state index contributed by atoms with van der Waals surface area (Å²) in [6, 6.07) is 0. The van der Waals surface area contributed by atoms with E-state index in [-0.39, 0.29) is 5.97 Å². The van der Waals surface area contributed by atoms with Gasteiger partial charge in [-0.25, -0.2) is 4.79 Å². The predicted molar refractivity (Wildman–Crippen MR) is 59.4 cm³/mol. The fourth-order valence-corrected chi connectivity index (χ4v) is 1.69. The lowest BCUT2D eigenvalue weighted by Crippen LogP contribution is -2.35. The van der Waals surface area contributed by atoms with Gasteiger partial charge in [-0.15, -0.1) is 0 Å². The van der Waals surface area contributed by atoms with Gasteiger partial charge < -0.3 is 15.4 Å². The zero-order chi connectivity index (χ0) is 11.1. The van der Waals surface area contributed by atoms with Gasteiger partial charge in [-0.05, 0) is 38.8 Å². The number of ether oxygens (including phenoxy) is 1. The zero-order valence-electron chi connectivity index (χ0n) is 9.51. The second kappa shape index (κ2) is 6.45. The van der Waals surface area contributed by atoms with E-state index in [1.807, 2.05) is 6.92 Å². The van der Waals surface area contributed by atoms with Crippen LogP contribution in [0, 0.1) is 5.92 Å². The summed E-state index contributed by atoms with van der Waals surface area (Å²) < 4.78 is 4.55. The van der Waals surface area contributed by atoms with E-state index in [4.69, 9.17) is 0 Å². The maximum atomic E-state index is 10.9. The molecule has 1 heterocycles. The molecule has 0 spiro atoms. The molecule has 0 amide bonds. The van der Waals surface area contributed by atoms with E-state index in [2.05, 4.69) is 15.4 Å². The van der Waals surface area contributed by atoms with E-state index < -0.39 is 0 Å². The first-order valence-electron chi connectivity index (χ1n) is 5.43. The molecule has 1 rings (SSSR count). The summed E-state index contributed by atoms with van der Waals surface area (Å²) >= 11 is 0. The Morgan fingerprint density at radius 1 is 1.67 bits per heavy atom. The van der Waals surface area contributed by atoms with Crippen molar-refractivity contribution in [3.63, 3.8) is 0 Å². The van der Waals surface area contributed by atoms with Crippen LogP contribution in [0.3, 0.4) is 0 Å². The van der Waals surface area contributed by atoms with Gasteiger partial charge in [-0.1, -0.05) is 0 Å². The molecule has 1 unspecified atom stereocenters. The Hall–Kier alpha value is -1.03. The summed E-state index contributed by atoms with van der Waals surface area (Å²) in [4.78, 5) is 10.9. The molecule has 1 aliphatic rings. The molecule has 1 aliphatic heterocycles. The quantitative estimate of drug-likeness (QED) is 0.531. The smallest absolute Gasteiger partial charge is 0.332 e. The number of nitrogens with one attached hydrogen (secondary N) is 2. The minimum Gasteiger partial charge on any atom is -0.466 e. The largest absolute Gasteiger partial charge is 0.466 e. The summed E-state index contributed by atoms with van der Waals surface area (Å²) in [7, 11) is 1.39. The summed E-state index contributed by atoms with van der Waals surface area (Å²) in [5.41, 5.74) is 0.868. The highest BCUT2D eigenvalue weighted by Gasteiger charge is 2.12. The molecular formula is C11H20N2O2. The van der Waals surface area contributed by atoms with Gasteiger partial charge in [0.25, 0.3) is 0 Å². The normalized spacial score (nSPS) is 22.3. The number of rotatable bonds is 4. The molecule has 4 nitrogen and oxygen atoms in total. The van der Waals surface area contributed by atoms with Crippen molar-refractivity contribution in [1.82, 2.24) is 10.6 Å². The van der Waals surface area contributed by atoms with Gasteiger partial charge >= 0.3 is 5.97 Å². The van der Waals surface area contributed by atoms with Crippen LogP contribution in [0.1, 0.15) is 19.8 Å². The zero-order valence-corrected chi connectivity index (χ0v) is 9.51. The Kier molecular flexibility index (Phi) is 5.18. The third-order valence-corrected chi connectivity index (χ3v) is 2.60. The Labute approximate surface area is 91.1 Å². The van der Waals surface area contributed by atoms with Gasteiger partial charge in [0, 0.05) is 18.3 Å². The van der Waals surface area contributed by atoms with Crippen LogP contribution in [0.2, 0.25) is 0 Å². The molecule has 4 heteroatoms. The van der Waals surface area contributed by atoms with Crippen LogP contribution in [0.25, 0.3) is 0 Å².